The smallest absolute Gasteiger partial charge is 0.411 e. The van der Waals surface area contributed by atoms with Gasteiger partial charge in [-0.15, -0.1) is 0 Å². The van der Waals surface area contributed by atoms with E-state index in [-0.39, 0.29) is 13.1 Å². The molecule has 3 amide bonds. The number of halogens is 3. The second-order valence-electron chi connectivity index (χ2n) is 5.28. The van der Waals surface area contributed by atoms with Gasteiger partial charge in [0.15, 0.2) is 0 Å². The maximum atomic E-state index is 12.2. The molecule has 140 valence electrons. The van der Waals surface area contributed by atoms with Gasteiger partial charge >= 0.3 is 18.3 Å². The summed E-state index contributed by atoms with van der Waals surface area (Å²) in [5.74, 6) is 0. The lowest BCUT2D eigenvalue weighted by Crippen LogP contribution is -2.34. The molecule has 0 aliphatic heterocycles. The van der Waals surface area contributed by atoms with Crippen molar-refractivity contribution in [2.24, 2.45) is 0 Å². The Bertz CT molecular complexity index is 581. The molecule has 0 aliphatic carbocycles. The van der Waals surface area contributed by atoms with Gasteiger partial charge in [0, 0.05) is 17.9 Å². The van der Waals surface area contributed by atoms with Crippen molar-refractivity contribution >= 4 is 23.5 Å². The number of benzene rings is 1. The number of anilines is 2. The van der Waals surface area contributed by atoms with E-state index in [0.29, 0.717) is 17.8 Å². The third-order valence-corrected chi connectivity index (χ3v) is 3.00. The molecule has 7 nitrogen and oxygen atoms in total. The molecular weight excluding hydrogens is 341 g/mol. The molecule has 0 bridgehead atoms. The second kappa shape index (κ2) is 9.72. The number of alkyl halides is 3. The molecule has 0 atom stereocenters. The van der Waals surface area contributed by atoms with Crippen LogP contribution in [0.15, 0.2) is 24.3 Å². The Kier molecular flexibility index (Phi) is 7.99. The monoisotopic (exact) mass is 362 g/mol. The van der Waals surface area contributed by atoms with Crippen LogP contribution in [0.4, 0.5) is 34.1 Å². The second-order valence-corrected chi connectivity index (χ2v) is 5.28. The number of hydrogen-bond acceptors (Lipinski definition) is 4. The largest absolute Gasteiger partial charge is 0.453 e. The van der Waals surface area contributed by atoms with E-state index in [9.17, 15) is 22.8 Å². The predicted molar refractivity (Wildman–Crippen MR) is 87.7 cm³/mol. The highest BCUT2D eigenvalue weighted by atomic mass is 19.4. The minimum Gasteiger partial charge on any atom is -0.453 e. The van der Waals surface area contributed by atoms with Gasteiger partial charge in [-0.3, -0.25) is 10.2 Å². The third kappa shape index (κ3) is 9.40. The molecule has 0 saturated heterocycles. The van der Waals surface area contributed by atoms with Crippen LogP contribution < -0.4 is 16.0 Å². The molecule has 0 radical (unpaired) electrons. The minimum absolute atomic E-state index is 0.207. The van der Waals surface area contributed by atoms with Crippen molar-refractivity contribution in [1.82, 2.24) is 10.2 Å². The van der Waals surface area contributed by atoms with E-state index in [0.717, 1.165) is 4.90 Å². The summed E-state index contributed by atoms with van der Waals surface area (Å²) < 4.78 is 41.0. The molecule has 1 aromatic carbocycles. The van der Waals surface area contributed by atoms with E-state index >= 15 is 0 Å². The average molecular weight is 362 g/mol. The first-order chi connectivity index (χ1) is 11.7. The van der Waals surface area contributed by atoms with Gasteiger partial charge in [-0.2, -0.15) is 13.2 Å². The van der Waals surface area contributed by atoms with Crippen LogP contribution >= 0.6 is 0 Å². The lowest BCUT2D eigenvalue weighted by Gasteiger charge is -2.18. The van der Waals surface area contributed by atoms with Gasteiger partial charge in [0.2, 0.25) is 0 Å². The molecule has 25 heavy (non-hydrogen) atoms. The summed E-state index contributed by atoms with van der Waals surface area (Å²) in [6.45, 7) is -0.550. The summed E-state index contributed by atoms with van der Waals surface area (Å²) in [5.41, 5.74) is 0.888. The van der Waals surface area contributed by atoms with Crippen LogP contribution in [0.25, 0.3) is 0 Å². The number of urea groups is 1. The number of rotatable bonds is 7. The fourth-order valence-electron chi connectivity index (χ4n) is 1.95. The van der Waals surface area contributed by atoms with Crippen LogP contribution in [-0.4, -0.2) is 57.0 Å². The molecule has 0 aliphatic rings. The van der Waals surface area contributed by atoms with Crippen molar-refractivity contribution in [2.45, 2.75) is 12.6 Å². The van der Waals surface area contributed by atoms with Gasteiger partial charge < -0.3 is 15.4 Å². The standard InChI is InChI=1S/C15H21F3N4O3/c1-22(10-15(16,17)18)8-4-7-19-13(23)20-11-5-3-6-12(9-11)21-14(24)25-2/h3,5-6,9H,4,7-8,10H2,1-2H3,(H,21,24)(H2,19,20,23). The maximum Gasteiger partial charge on any atom is 0.411 e. The lowest BCUT2D eigenvalue weighted by molar-refractivity contribution is -0.143. The number of methoxy groups -OCH3 is 1. The zero-order valence-electron chi connectivity index (χ0n) is 13.9. The van der Waals surface area contributed by atoms with Gasteiger partial charge in [0.25, 0.3) is 0 Å². The average Bonchev–Trinajstić information content (AvgIpc) is 2.50. The number of nitrogens with one attached hydrogen (secondary N) is 3. The zero-order chi connectivity index (χ0) is 18.9. The van der Waals surface area contributed by atoms with Crippen molar-refractivity contribution in [3.8, 4) is 0 Å². The highest BCUT2D eigenvalue weighted by Gasteiger charge is 2.28. The Labute approximate surface area is 143 Å². The number of carbonyl (C=O) groups is 2. The first kappa shape index (κ1) is 20.6. The minimum atomic E-state index is -4.23. The summed E-state index contributed by atoms with van der Waals surface area (Å²) in [5, 5.41) is 7.57. The van der Waals surface area contributed by atoms with E-state index in [1.54, 1.807) is 18.2 Å². The summed E-state index contributed by atoms with van der Waals surface area (Å²) >= 11 is 0. The van der Waals surface area contributed by atoms with Crippen molar-refractivity contribution in [1.29, 1.82) is 0 Å². The van der Waals surface area contributed by atoms with Crippen LogP contribution in [0.3, 0.4) is 0 Å². The summed E-state index contributed by atoms with van der Waals surface area (Å²) in [6.07, 6.45) is -4.49. The van der Waals surface area contributed by atoms with Crippen molar-refractivity contribution in [3.05, 3.63) is 24.3 Å². The quantitative estimate of drug-likeness (QED) is 0.652. The molecule has 10 heteroatoms. The first-order valence-corrected chi connectivity index (χ1v) is 7.45. The maximum absolute atomic E-state index is 12.2. The van der Waals surface area contributed by atoms with Gasteiger partial charge in [-0.05, 0) is 38.2 Å². The van der Waals surface area contributed by atoms with E-state index < -0.39 is 24.8 Å². The van der Waals surface area contributed by atoms with Gasteiger partial charge in [-0.25, -0.2) is 9.59 Å². The van der Waals surface area contributed by atoms with Crippen molar-refractivity contribution < 1.29 is 27.5 Å². The molecule has 1 aromatic rings. The van der Waals surface area contributed by atoms with Gasteiger partial charge in [-0.1, -0.05) is 6.07 Å². The van der Waals surface area contributed by atoms with E-state index in [1.807, 2.05) is 0 Å². The highest BCUT2D eigenvalue weighted by Crippen LogP contribution is 2.16. The van der Waals surface area contributed by atoms with Crippen LogP contribution in [0.2, 0.25) is 0 Å². The molecule has 3 N–H and O–H groups in total. The summed E-state index contributed by atoms with van der Waals surface area (Å²) in [7, 11) is 2.60. The molecule has 0 unspecified atom stereocenters. The molecule has 0 fully saturated rings. The van der Waals surface area contributed by atoms with Crippen molar-refractivity contribution in [3.63, 3.8) is 0 Å². The van der Waals surface area contributed by atoms with Crippen LogP contribution in [-0.2, 0) is 4.74 Å². The normalized spacial score (nSPS) is 11.1. The summed E-state index contributed by atoms with van der Waals surface area (Å²) in [6, 6.07) is 5.92. The fraction of sp³-hybridized carbons (Fsp3) is 0.467. The number of amides is 3. The Hall–Kier alpha value is -2.49. The molecule has 0 spiro atoms. The topological polar surface area (TPSA) is 82.7 Å². The molecule has 1 rings (SSSR count). The fourth-order valence-corrected chi connectivity index (χ4v) is 1.95. The van der Waals surface area contributed by atoms with E-state index in [1.165, 1.54) is 20.2 Å². The van der Waals surface area contributed by atoms with Gasteiger partial charge in [0.1, 0.15) is 0 Å². The summed E-state index contributed by atoms with van der Waals surface area (Å²) in [4.78, 5) is 24.0. The van der Waals surface area contributed by atoms with Gasteiger partial charge in [0.05, 0.1) is 13.7 Å². The SMILES string of the molecule is COC(=O)Nc1cccc(NC(=O)NCCCN(C)CC(F)(F)F)c1. The Morgan fingerprint density at radius 3 is 2.44 bits per heavy atom. The molecule has 0 saturated carbocycles. The Balaban J connectivity index is 2.33. The van der Waals surface area contributed by atoms with E-state index in [4.69, 9.17) is 0 Å². The molecule has 0 aromatic heterocycles. The number of ether oxygens (including phenoxy) is 1. The van der Waals surface area contributed by atoms with Crippen LogP contribution in [0.5, 0.6) is 0 Å². The number of hydrogen-bond donors (Lipinski definition) is 3. The molecule has 0 heterocycles. The van der Waals surface area contributed by atoms with Crippen LogP contribution in [0, 0.1) is 0 Å². The first-order valence-electron chi connectivity index (χ1n) is 7.45. The Morgan fingerprint density at radius 1 is 1.20 bits per heavy atom. The third-order valence-electron chi connectivity index (χ3n) is 3.00. The number of nitrogens with zero attached hydrogens (tertiary/aromatic N) is 1. The molecular formula is C15H21F3N4O3. The highest BCUT2D eigenvalue weighted by molar-refractivity contribution is 5.91. The van der Waals surface area contributed by atoms with E-state index in [2.05, 4.69) is 20.7 Å². The Morgan fingerprint density at radius 2 is 1.84 bits per heavy atom. The number of carbonyl (C=O) groups excluding carboxylic acids is 2. The van der Waals surface area contributed by atoms with Crippen molar-refractivity contribution in [2.75, 3.05) is 44.4 Å². The zero-order valence-corrected chi connectivity index (χ0v) is 13.9. The lowest BCUT2D eigenvalue weighted by atomic mass is 10.3. The predicted octanol–water partition coefficient (Wildman–Crippen LogP) is 2.87. The van der Waals surface area contributed by atoms with Crippen LogP contribution in [0.1, 0.15) is 6.42 Å².